The maximum Gasteiger partial charge on any atom is 0.161 e. The summed E-state index contributed by atoms with van der Waals surface area (Å²) in [7, 11) is 0. The molecule has 0 spiro atoms. The van der Waals surface area contributed by atoms with Crippen LogP contribution in [0.5, 0.6) is 0 Å². The van der Waals surface area contributed by atoms with E-state index in [0.717, 1.165) is 38.1 Å². The average Bonchev–Trinajstić information content (AvgIpc) is 3.47. The van der Waals surface area contributed by atoms with E-state index in [2.05, 4.69) is 20.2 Å². The summed E-state index contributed by atoms with van der Waals surface area (Å²) >= 11 is 7.68. The Kier molecular flexibility index (Phi) is 5.04. The van der Waals surface area contributed by atoms with Crippen molar-refractivity contribution in [3.05, 3.63) is 90.6 Å². The van der Waals surface area contributed by atoms with Gasteiger partial charge in [0.15, 0.2) is 5.82 Å². The molecule has 146 valence electrons. The first-order chi connectivity index (χ1) is 14.8. The predicted molar refractivity (Wildman–Crippen MR) is 118 cm³/mol. The fourth-order valence-corrected chi connectivity index (χ4v) is 4.08. The van der Waals surface area contributed by atoms with Crippen LogP contribution in [-0.2, 0) is 0 Å². The third-order valence-electron chi connectivity index (χ3n) is 4.48. The van der Waals surface area contributed by atoms with Crippen molar-refractivity contribution in [1.29, 1.82) is 0 Å². The fourth-order valence-electron chi connectivity index (χ4n) is 3.02. The minimum Gasteiger partial charge on any atom is -0.328 e. The number of H-pyrrole nitrogens is 1. The fraction of sp³-hybridized carbons (Fsp3) is 0. The number of rotatable bonds is 5. The van der Waals surface area contributed by atoms with Gasteiger partial charge in [0.1, 0.15) is 12.0 Å². The van der Waals surface area contributed by atoms with Crippen molar-refractivity contribution >= 4 is 23.4 Å². The van der Waals surface area contributed by atoms with Gasteiger partial charge in [0.2, 0.25) is 0 Å². The van der Waals surface area contributed by atoms with Gasteiger partial charge in [0, 0.05) is 33.4 Å². The summed E-state index contributed by atoms with van der Waals surface area (Å²) in [5.74, 6) is 0.734. The van der Waals surface area contributed by atoms with Crippen molar-refractivity contribution in [3.63, 3.8) is 0 Å². The number of nitrogens with one attached hydrogen (secondary N) is 1. The van der Waals surface area contributed by atoms with E-state index in [9.17, 15) is 0 Å². The molecule has 0 amide bonds. The number of aromatic amines is 1. The summed E-state index contributed by atoms with van der Waals surface area (Å²) in [5, 5.41) is 13.5. The second-order valence-electron chi connectivity index (χ2n) is 6.47. The highest BCUT2D eigenvalue weighted by molar-refractivity contribution is 7.99. The lowest BCUT2D eigenvalue weighted by Crippen LogP contribution is -1.95. The van der Waals surface area contributed by atoms with Gasteiger partial charge in [-0.05, 0) is 36.4 Å². The lowest BCUT2D eigenvalue weighted by molar-refractivity contribution is 0.876. The zero-order valence-electron chi connectivity index (χ0n) is 15.6. The van der Waals surface area contributed by atoms with E-state index in [1.807, 2.05) is 71.5 Å². The van der Waals surface area contributed by atoms with Crippen molar-refractivity contribution in [2.24, 2.45) is 0 Å². The van der Waals surface area contributed by atoms with Gasteiger partial charge in [-0.1, -0.05) is 47.6 Å². The monoisotopic (exact) mass is 430 g/mol. The largest absolute Gasteiger partial charge is 0.328 e. The maximum atomic E-state index is 6.04. The Bertz CT molecular complexity index is 1250. The first-order valence-electron chi connectivity index (χ1n) is 9.16. The third-order valence-corrected chi connectivity index (χ3v) is 5.76. The Balaban J connectivity index is 1.55. The number of halogens is 1. The number of aromatic nitrogens is 6. The lowest BCUT2D eigenvalue weighted by atomic mass is 10.1. The number of hydrogen-bond acceptors (Lipinski definition) is 5. The van der Waals surface area contributed by atoms with E-state index < -0.39 is 0 Å². The van der Waals surface area contributed by atoms with E-state index in [1.165, 1.54) is 0 Å². The summed E-state index contributed by atoms with van der Waals surface area (Å²) in [5.41, 5.74) is 3.77. The smallest absolute Gasteiger partial charge is 0.161 e. The molecule has 0 aliphatic carbocycles. The Morgan fingerprint density at radius 1 is 0.933 bits per heavy atom. The van der Waals surface area contributed by atoms with Gasteiger partial charge in [0.25, 0.3) is 0 Å². The second kappa shape index (κ2) is 8.14. The van der Waals surface area contributed by atoms with E-state index in [0.29, 0.717) is 5.02 Å². The van der Waals surface area contributed by atoms with Crippen LogP contribution in [-0.4, -0.2) is 29.9 Å². The van der Waals surface area contributed by atoms with Crippen LogP contribution >= 0.6 is 23.4 Å². The number of hydrogen-bond donors (Lipinski definition) is 1. The summed E-state index contributed by atoms with van der Waals surface area (Å²) < 4.78 is 1.85. The Labute approximate surface area is 182 Å². The minimum atomic E-state index is 0.716. The van der Waals surface area contributed by atoms with E-state index in [4.69, 9.17) is 16.7 Å². The highest BCUT2D eigenvalue weighted by atomic mass is 35.5. The van der Waals surface area contributed by atoms with Crippen molar-refractivity contribution in [1.82, 2.24) is 29.9 Å². The first-order valence-corrected chi connectivity index (χ1v) is 10.4. The van der Waals surface area contributed by atoms with Crippen LogP contribution < -0.4 is 0 Å². The van der Waals surface area contributed by atoms with Crippen LogP contribution in [0.15, 0.2) is 95.4 Å². The number of nitrogens with zero attached hydrogens (tertiary/aromatic N) is 5. The molecule has 0 aliphatic rings. The Hall–Kier alpha value is -3.42. The van der Waals surface area contributed by atoms with Gasteiger partial charge in [-0.3, -0.25) is 4.98 Å². The first kappa shape index (κ1) is 18.6. The Morgan fingerprint density at radius 2 is 1.73 bits per heavy atom. The van der Waals surface area contributed by atoms with Crippen LogP contribution in [0.25, 0.3) is 28.3 Å². The van der Waals surface area contributed by atoms with Crippen molar-refractivity contribution < 1.29 is 0 Å². The standard InChI is InChI=1S/C22H15ClN6S/c23-17-7-9-19(10-8-17)30-20-13-29(18-2-1-11-24-12-18)28-21(20)15-3-5-16(6-4-15)22-25-14-26-27-22/h1-14H,(H,25,26,27). The zero-order chi connectivity index (χ0) is 20.3. The topological polar surface area (TPSA) is 72.3 Å². The minimum absolute atomic E-state index is 0.716. The quantitative estimate of drug-likeness (QED) is 0.397. The molecule has 0 radical (unpaired) electrons. The van der Waals surface area contributed by atoms with Gasteiger partial charge < -0.3 is 4.98 Å². The van der Waals surface area contributed by atoms with Crippen LogP contribution in [0.3, 0.4) is 0 Å². The van der Waals surface area contributed by atoms with Crippen LogP contribution in [0.2, 0.25) is 5.02 Å². The molecule has 0 bridgehead atoms. The normalized spacial score (nSPS) is 11.0. The van der Waals surface area contributed by atoms with E-state index in [-0.39, 0.29) is 0 Å². The maximum absolute atomic E-state index is 6.04. The van der Waals surface area contributed by atoms with Gasteiger partial charge in [-0.15, -0.1) is 10.2 Å². The van der Waals surface area contributed by atoms with E-state index >= 15 is 0 Å². The van der Waals surface area contributed by atoms with Gasteiger partial charge in [0.05, 0.1) is 16.8 Å². The molecule has 3 heterocycles. The van der Waals surface area contributed by atoms with Crippen LogP contribution in [0, 0.1) is 0 Å². The summed E-state index contributed by atoms with van der Waals surface area (Å²) in [6.45, 7) is 0. The molecule has 8 heteroatoms. The SMILES string of the molecule is Clc1ccc(Sc2cn(-c3cccnc3)nc2-c2ccc(-c3nnc[nH]3)cc2)cc1. The Morgan fingerprint density at radius 3 is 2.43 bits per heavy atom. The highest BCUT2D eigenvalue weighted by Crippen LogP contribution is 2.36. The summed E-state index contributed by atoms with van der Waals surface area (Å²) in [6, 6.07) is 19.8. The van der Waals surface area contributed by atoms with Crippen molar-refractivity contribution in [3.8, 4) is 28.3 Å². The average molecular weight is 431 g/mol. The predicted octanol–water partition coefficient (Wildman–Crippen LogP) is 5.52. The van der Waals surface area contributed by atoms with Gasteiger partial charge >= 0.3 is 0 Å². The molecule has 0 fully saturated rings. The third kappa shape index (κ3) is 3.85. The molecule has 1 N–H and O–H groups in total. The molecule has 30 heavy (non-hydrogen) atoms. The summed E-state index contributed by atoms with van der Waals surface area (Å²) in [4.78, 5) is 9.35. The number of pyridine rings is 1. The van der Waals surface area contributed by atoms with Crippen molar-refractivity contribution in [2.75, 3.05) is 0 Å². The van der Waals surface area contributed by atoms with Crippen LogP contribution in [0.4, 0.5) is 0 Å². The van der Waals surface area contributed by atoms with E-state index in [1.54, 1.807) is 30.5 Å². The molecule has 5 rings (SSSR count). The van der Waals surface area contributed by atoms with Gasteiger partial charge in [-0.25, -0.2) is 4.68 Å². The van der Waals surface area contributed by atoms with Crippen molar-refractivity contribution in [2.45, 2.75) is 9.79 Å². The molecular weight excluding hydrogens is 416 g/mol. The zero-order valence-corrected chi connectivity index (χ0v) is 17.2. The summed E-state index contributed by atoms with van der Waals surface area (Å²) in [6.07, 6.45) is 7.13. The highest BCUT2D eigenvalue weighted by Gasteiger charge is 2.14. The molecule has 0 saturated heterocycles. The molecule has 0 unspecified atom stereocenters. The molecule has 0 aliphatic heterocycles. The molecular formula is C22H15ClN6S. The molecule has 6 nitrogen and oxygen atoms in total. The molecule has 2 aromatic carbocycles. The number of benzene rings is 2. The lowest BCUT2D eigenvalue weighted by Gasteiger charge is -2.04. The van der Waals surface area contributed by atoms with Crippen LogP contribution in [0.1, 0.15) is 0 Å². The molecule has 0 saturated carbocycles. The molecule has 5 aromatic rings. The molecule has 3 aromatic heterocycles. The second-order valence-corrected chi connectivity index (χ2v) is 8.02. The molecule has 0 atom stereocenters. The van der Waals surface area contributed by atoms with Gasteiger partial charge in [-0.2, -0.15) is 5.10 Å².